The summed E-state index contributed by atoms with van der Waals surface area (Å²) in [6.45, 7) is 4.69. The van der Waals surface area contributed by atoms with Gasteiger partial charge in [-0.1, -0.05) is 53.8 Å². The molecule has 0 radical (unpaired) electrons. The van der Waals surface area contributed by atoms with Crippen molar-refractivity contribution in [1.82, 2.24) is 19.6 Å². The third-order valence-corrected chi connectivity index (χ3v) is 10.3. The van der Waals surface area contributed by atoms with Crippen molar-refractivity contribution < 1.29 is 45.4 Å². The number of amides is 2. The number of rotatable bonds is 12. The summed E-state index contributed by atoms with van der Waals surface area (Å²) in [7, 11) is 0. The smallest absolute Gasteiger partial charge is 0.416 e. The number of ether oxygens (including phenoxy) is 2. The molecule has 6 aromatic rings. The number of carbonyl (C=O) groups excluding carboxylic acids is 2. The normalized spacial score (nSPS) is 14.5. The summed E-state index contributed by atoms with van der Waals surface area (Å²) in [6.07, 6.45) is -9.02. The highest BCUT2D eigenvalue weighted by molar-refractivity contribution is 7.23. The first-order chi connectivity index (χ1) is 26.8. The molecule has 9 nitrogen and oxygen atoms in total. The molecule has 1 saturated heterocycles. The minimum atomic E-state index is -5.07. The highest BCUT2D eigenvalue weighted by Crippen LogP contribution is 2.37. The Hall–Kier alpha value is -5.45. The molecule has 2 aromatic heterocycles. The van der Waals surface area contributed by atoms with Gasteiger partial charge in [0.05, 0.1) is 46.7 Å². The maximum atomic E-state index is 13.5. The summed E-state index contributed by atoms with van der Waals surface area (Å²) in [5.74, 6) is -0.772. The van der Waals surface area contributed by atoms with Gasteiger partial charge in [0.25, 0.3) is 0 Å². The van der Waals surface area contributed by atoms with Gasteiger partial charge in [0, 0.05) is 43.5 Å². The number of imidazole rings is 1. The van der Waals surface area contributed by atoms with Crippen LogP contribution in [-0.2, 0) is 39.5 Å². The van der Waals surface area contributed by atoms with Gasteiger partial charge in [-0.3, -0.25) is 18.9 Å². The van der Waals surface area contributed by atoms with Crippen LogP contribution in [0.4, 0.5) is 32.0 Å². The summed E-state index contributed by atoms with van der Waals surface area (Å²) < 4.78 is 94.9. The van der Waals surface area contributed by atoms with E-state index in [1.54, 1.807) is 54.6 Å². The fraction of sp³-hybridized carbons (Fsp3) is 0.275. The number of nitrogens with zero attached hydrogens (tertiary/aromatic N) is 3. The second kappa shape index (κ2) is 16.3. The van der Waals surface area contributed by atoms with Crippen LogP contribution >= 0.6 is 11.3 Å². The summed E-state index contributed by atoms with van der Waals surface area (Å²) in [5, 5.41) is 5.26. The summed E-state index contributed by atoms with van der Waals surface area (Å²) in [4.78, 5) is 34.5. The minimum absolute atomic E-state index is 0.00372. The number of benzene rings is 4. The predicted octanol–water partition coefficient (Wildman–Crippen LogP) is 7.87. The summed E-state index contributed by atoms with van der Waals surface area (Å²) >= 11 is 1.53. The van der Waals surface area contributed by atoms with E-state index in [1.807, 2.05) is 28.8 Å². The lowest BCUT2D eigenvalue weighted by atomic mass is 10.0. The summed E-state index contributed by atoms with van der Waals surface area (Å²) in [6, 6.07) is 21.3. The van der Waals surface area contributed by atoms with Crippen molar-refractivity contribution in [3.63, 3.8) is 0 Å². The van der Waals surface area contributed by atoms with E-state index in [-0.39, 0.29) is 12.5 Å². The van der Waals surface area contributed by atoms with Crippen molar-refractivity contribution >= 4 is 44.0 Å². The molecule has 16 heteroatoms. The van der Waals surface area contributed by atoms with Crippen molar-refractivity contribution in [3.05, 3.63) is 119 Å². The first-order valence-electron chi connectivity index (χ1n) is 17.7. The van der Waals surface area contributed by atoms with E-state index in [0.29, 0.717) is 35.7 Å². The third kappa shape index (κ3) is 9.49. The Morgan fingerprint density at radius 1 is 0.857 bits per heavy atom. The molecule has 1 aliphatic rings. The third-order valence-electron chi connectivity index (χ3n) is 9.24. The molecule has 0 saturated carbocycles. The minimum Gasteiger partial charge on any atom is -0.492 e. The second-order valence-corrected chi connectivity index (χ2v) is 14.3. The maximum absolute atomic E-state index is 13.5. The highest BCUT2D eigenvalue weighted by atomic mass is 32.1. The number of hydrogen-bond acceptors (Lipinski definition) is 7. The maximum Gasteiger partial charge on any atom is 0.416 e. The topological polar surface area (TPSA) is 97.2 Å². The average molecular weight is 796 g/mol. The van der Waals surface area contributed by atoms with Gasteiger partial charge < -0.3 is 20.1 Å². The first kappa shape index (κ1) is 38.8. The highest BCUT2D eigenvalue weighted by Gasteiger charge is 2.37. The van der Waals surface area contributed by atoms with Crippen LogP contribution in [0.3, 0.4) is 0 Å². The second-order valence-electron chi connectivity index (χ2n) is 13.3. The van der Waals surface area contributed by atoms with Gasteiger partial charge in [-0.2, -0.15) is 26.3 Å². The zero-order valence-corrected chi connectivity index (χ0v) is 30.4. The van der Waals surface area contributed by atoms with Gasteiger partial charge in [0.1, 0.15) is 18.4 Å². The van der Waals surface area contributed by atoms with Crippen LogP contribution in [0.2, 0.25) is 0 Å². The fourth-order valence-corrected chi connectivity index (χ4v) is 7.43. The molecule has 0 aliphatic carbocycles. The monoisotopic (exact) mass is 795 g/mol. The van der Waals surface area contributed by atoms with E-state index in [2.05, 4.69) is 15.5 Å². The Kier molecular flexibility index (Phi) is 11.3. The van der Waals surface area contributed by atoms with E-state index < -0.39 is 53.3 Å². The standard InChI is InChI=1S/C40H35F6N5O4S/c41-39(42,43)28-18-26(19-29(22-28)40(44,45)46)21-36(52)48-32(20-25-4-2-1-3-5-25)37(53)47-30-8-6-27(7-9-30)33-24-51-34-11-10-31(23-35(34)56-38(51)49-33)55-17-14-50-12-15-54-16-13-50/h1-11,18-19,22-24,32H,12-17,20-21H2,(H,47,53)(H,48,52)/t32-/m0/s1. The van der Waals surface area contributed by atoms with Crippen LogP contribution in [-0.4, -0.2) is 71.6 Å². The van der Waals surface area contributed by atoms with Crippen LogP contribution in [0.15, 0.2) is 97.2 Å². The Balaban J connectivity index is 1.02. The van der Waals surface area contributed by atoms with Crippen LogP contribution in [0, 0.1) is 0 Å². The molecule has 292 valence electrons. The van der Waals surface area contributed by atoms with Crippen molar-refractivity contribution in [3.8, 4) is 17.0 Å². The summed E-state index contributed by atoms with van der Waals surface area (Å²) in [5.41, 5.74) is -0.0315. The number of thiazole rings is 1. The molecule has 0 spiro atoms. The van der Waals surface area contributed by atoms with E-state index in [4.69, 9.17) is 14.5 Å². The Bertz CT molecular complexity index is 2290. The van der Waals surface area contributed by atoms with E-state index in [1.165, 1.54) is 11.3 Å². The van der Waals surface area contributed by atoms with Crippen molar-refractivity contribution in [2.75, 3.05) is 44.8 Å². The Morgan fingerprint density at radius 2 is 1.55 bits per heavy atom. The van der Waals surface area contributed by atoms with Crippen LogP contribution in [0.1, 0.15) is 22.3 Å². The molecular weight excluding hydrogens is 761 g/mol. The van der Waals surface area contributed by atoms with Gasteiger partial charge in [0.2, 0.25) is 11.8 Å². The largest absolute Gasteiger partial charge is 0.492 e. The fourth-order valence-electron chi connectivity index (χ4n) is 6.39. The van der Waals surface area contributed by atoms with Crippen molar-refractivity contribution in [2.24, 2.45) is 0 Å². The zero-order chi connectivity index (χ0) is 39.5. The van der Waals surface area contributed by atoms with Gasteiger partial charge in [-0.25, -0.2) is 4.98 Å². The zero-order valence-electron chi connectivity index (χ0n) is 29.6. The number of hydrogen-bond donors (Lipinski definition) is 2. The quantitative estimate of drug-likeness (QED) is 0.123. The van der Waals surface area contributed by atoms with E-state index in [0.717, 1.165) is 59.3 Å². The van der Waals surface area contributed by atoms with Gasteiger partial charge >= 0.3 is 12.4 Å². The number of alkyl halides is 6. The molecule has 2 amide bonds. The molecule has 3 heterocycles. The number of aromatic nitrogens is 2. The number of fused-ring (bicyclic) bond motifs is 3. The van der Waals surface area contributed by atoms with Crippen molar-refractivity contribution in [2.45, 2.75) is 31.2 Å². The van der Waals surface area contributed by atoms with Crippen LogP contribution in [0.5, 0.6) is 5.75 Å². The molecular formula is C40H35F6N5O4S. The lowest BCUT2D eigenvalue weighted by molar-refractivity contribution is -0.143. The average Bonchev–Trinajstić information content (AvgIpc) is 3.73. The van der Waals surface area contributed by atoms with E-state index in [9.17, 15) is 35.9 Å². The molecule has 0 unspecified atom stereocenters. The van der Waals surface area contributed by atoms with Gasteiger partial charge in [-0.15, -0.1) is 0 Å². The lowest BCUT2D eigenvalue weighted by Crippen LogP contribution is -2.45. The number of anilines is 1. The predicted molar refractivity (Wildman–Crippen MR) is 200 cm³/mol. The van der Waals surface area contributed by atoms with Crippen LogP contribution in [0.25, 0.3) is 26.4 Å². The molecule has 1 aliphatic heterocycles. The number of morpholine rings is 1. The van der Waals surface area contributed by atoms with Crippen molar-refractivity contribution in [1.29, 1.82) is 0 Å². The molecule has 0 bridgehead atoms. The van der Waals surface area contributed by atoms with Gasteiger partial charge in [-0.05, 0) is 59.7 Å². The Morgan fingerprint density at radius 3 is 2.23 bits per heavy atom. The molecule has 4 aromatic carbocycles. The number of carbonyl (C=O) groups is 2. The van der Waals surface area contributed by atoms with Gasteiger partial charge in [0.15, 0.2) is 4.96 Å². The SMILES string of the molecule is O=C(Cc1cc(C(F)(F)F)cc(C(F)(F)F)c1)N[C@@H](Cc1ccccc1)C(=O)Nc1ccc(-c2cn3c(n2)sc2cc(OCCN4CCOCC4)ccc23)cc1. The van der Waals surface area contributed by atoms with E-state index >= 15 is 0 Å². The lowest BCUT2D eigenvalue weighted by Gasteiger charge is -2.26. The first-order valence-corrected chi connectivity index (χ1v) is 18.5. The number of nitrogens with one attached hydrogen (secondary N) is 2. The Labute approximate surface area is 320 Å². The molecule has 2 N–H and O–H groups in total. The molecule has 56 heavy (non-hydrogen) atoms. The van der Waals surface area contributed by atoms with Crippen LogP contribution < -0.4 is 15.4 Å². The number of halogens is 6. The molecule has 1 atom stereocenters. The molecule has 7 rings (SSSR count). The molecule has 1 fully saturated rings.